The van der Waals surface area contributed by atoms with Crippen molar-refractivity contribution in [2.75, 3.05) is 14.2 Å². The summed E-state index contributed by atoms with van der Waals surface area (Å²) < 4.78 is 40.9. The molecule has 3 heterocycles. The first-order valence-electron chi connectivity index (χ1n) is 11.4. The summed E-state index contributed by atoms with van der Waals surface area (Å²) in [6.07, 6.45) is 6.64. The minimum Gasteiger partial charge on any atom is -0.494 e. The van der Waals surface area contributed by atoms with Gasteiger partial charge in [-0.25, -0.2) is 18.4 Å². The summed E-state index contributed by atoms with van der Waals surface area (Å²) in [5.41, 5.74) is 2.02. The fourth-order valence-corrected chi connectivity index (χ4v) is 5.81. The molecule has 4 aromatic rings. The van der Waals surface area contributed by atoms with Gasteiger partial charge in [-0.1, -0.05) is 13.0 Å². The van der Waals surface area contributed by atoms with Gasteiger partial charge in [0, 0.05) is 40.7 Å². The van der Waals surface area contributed by atoms with Crippen LogP contribution in [0.15, 0.2) is 53.5 Å². The van der Waals surface area contributed by atoms with Crippen LogP contribution in [0.4, 0.5) is 0 Å². The molecule has 4 rings (SSSR count). The molecule has 1 aromatic carbocycles. The van der Waals surface area contributed by atoms with Crippen molar-refractivity contribution in [3.63, 3.8) is 0 Å². The minimum absolute atomic E-state index is 0.210. The molecule has 2 atom stereocenters. The Hall–Kier alpha value is -3.38. The zero-order valence-electron chi connectivity index (χ0n) is 21.1. The summed E-state index contributed by atoms with van der Waals surface area (Å²) in [5.74, 6) is 1.20. The van der Waals surface area contributed by atoms with Gasteiger partial charge in [-0.3, -0.25) is 9.55 Å². The molecule has 0 saturated carbocycles. The Bertz CT molecular complexity index is 1490. The average Bonchev–Trinajstić information content (AvgIpc) is 3.29. The van der Waals surface area contributed by atoms with E-state index in [2.05, 4.69) is 41.1 Å². The zero-order chi connectivity index (χ0) is 26.7. The van der Waals surface area contributed by atoms with Crippen molar-refractivity contribution < 1.29 is 17.9 Å². The van der Waals surface area contributed by atoms with Gasteiger partial charge in [0.2, 0.25) is 0 Å². The second kappa shape index (κ2) is 10.9. The van der Waals surface area contributed by atoms with Crippen LogP contribution < -0.4 is 9.47 Å². The quantitative estimate of drug-likeness (QED) is 0.282. The van der Waals surface area contributed by atoms with E-state index in [0.29, 0.717) is 34.4 Å². The predicted octanol–water partition coefficient (Wildman–Crippen LogP) is 4.31. The normalized spacial score (nSPS) is 13.2. The minimum atomic E-state index is -3.73. The molecule has 0 aliphatic carbocycles. The maximum atomic E-state index is 13.7. The van der Waals surface area contributed by atoms with E-state index in [1.165, 1.54) is 14.2 Å². The van der Waals surface area contributed by atoms with Crippen LogP contribution in [-0.4, -0.2) is 57.6 Å². The van der Waals surface area contributed by atoms with E-state index >= 15 is 0 Å². The van der Waals surface area contributed by atoms with Crippen LogP contribution in [0.1, 0.15) is 37.0 Å². The number of rotatable bonds is 9. The number of ether oxygens (including phenoxy) is 2. The highest BCUT2D eigenvalue weighted by atomic mass is 79.9. The highest BCUT2D eigenvalue weighted by molar-refractivity contribution is 9.10. The Kier molecular flexibility index (Phi) is 7.88. The third-order valence-corrected chi connectivity index (χ3v) is 8.76. The van der Waals surface area contributed by atoms with E-state index < -0.39 is 21.0 Å². The molecular formula is C25H27BrN6O4S. The van der Waals surface area contributed by atoms with Gasteiger partial charge in [0.25, 0.3) is 0 Å². The highest BCUT2D eigenvalue weighted by Gasteiger charge is 2.33. The lowest BCUT2D eigenvalue weighted by Crippen LogP contribution is -2.27. The van der Waals surface area contributed by atoms with Crippen LogP contribution >= 0.6 is 15.9 Å². The molecule has 0 unspecified atom stereocenters. The maximum Gasteiger partial charge on any atom is 0.170 e. The van der Waals surface area contributed by atoms with Gasteiger partial charge in [-0.2, -0.15) is 0 Å². The van der Waals surface area contributed by atoms with Crippen molar-refractivity contribution >= 4 is 25.8 Å². The molecular weight excluding hydrogens is 560 g/mol. The molecule has 0 aliphatic rings. The summed E-state index contributed by atoms with van der Waals surface area (Å²) in [6.45, 7) is 5.35. The van der Waals surface area contributed by atoms with E-state index in [1.54, 1.807) is 61.4 Å². The smallest absolute Gasteiger partial charge is 0.170 e. The Morgan fingerprint density at radius 3 is 2.24 bits per heavy atom. The Labute approximate surface area is 224 Å². The van der Waals surface area contributed by atoms with E-state index in [0.717, 1.165) is 10.0 Å². The van der Waals surface area contributed by atoms with Crippen molar-refractivity contribution in [1.82, 2.24) is 29.7 Å². The van der Waals surface area contributed by atoms with Gasteiger partial charge in [0.05, 0.1) is 19.5 Å². The maximum absolute atomic E-state index is 13.7. The number of aryl methyl sites for hydroxylation is 1. The molecule has 12 heteroatoms. The van der Waals surface area contributed by atoms with Crippen LogP contribution in [0.25, 0.3) is 17.1 Å². The highest BCUT2D eigenvalue weighted by Crippen LogP contribution is 2.37. The topological polar surface area (TPSA) is 122 Å². The lowest BCUT2D eigenvalue weighted by molar-refractivity contribution is 0.390. The second-order valence-corrected chi connectivity index (χ2v) is 11.9. The van der Waals surface area contributed by atoms with Crippen LogP contribution in [0, 0.1) is 6.92 Å². The van der Waals surface area contributed by atoms with Gasteiger partial charge < -0.3 is 9.47 Å². The van der Waals surface area contributed by atoms with Crippen LogP contribution in [0.3, 0.4) is 0 Å². The third-order valence-electron chi connectivity index (χ3n) is 6.13. The molecule has 0 aliphatic heterocycles. The Balaban J connectivity index is 1.83. The first kappa shape index (κ1) is 26.7. The lowest BCUT2D eigenvalue weighted by atomic mass is 10.1. The first-order chi connectivity index (χ1) is 17.7. The summed E-state index contributed by atoms with van der Waals surface area (Å²) in [4.78, 5) is 12.9. The molecule has 0 fully saturated rings. The molecule has 0 N–H and O–H groups in total. The standard InChI is InChI=1S/C25H27BrN6O4S/c1-15-10-28-24(29-11-15)16(2)17(3)37(33,34)14-22-30-31-25(18-9-19(26)13-27-12-18)32(22)23-20(35-4)7-6-8-21(23)36-5/h6-13,16-17H,14H2,1-5H3/t16-,17-/m0/s1. The first-order valence-corrected chi connectivity index (χ1v) is 13.9. The number of hydrogen-bond donors (Lipinski definition) is 0. The fourth-order valence-electron chi connectivity index (χ4n) is 3.89. The number of aromatic nitrogens is 6. The van der Waals surface area contributed by atoms with Gasteiger partial charge in [-0.15, -0.1) is 10.2 Å². The van der Waals surface area contributed by atoms with E-state index in [4.69, 9.17) is 9.47 Å². The SMILES string of the molecule is COc1cccc(OC)c1-n1c(CS(=O)(=O)[C@@H](C)[C@H](C)c2ncc(C)cn2)nnc1-c1cncc(Br)c1. The number of pyridine rings is 1. The number of hydrogen-bond acceptors (Lipinski definition) is 9. The molecule has 0 bridgehead atoms. The summed E-state index contributed by atoms with van der Waals surface area (Å²) in [5, 5.41) is 7.89. The number of benzene rings is 1. The number of para-hydroxylation sites is 1. The number of methoxy groups -OCH3 is 2. The van der Waals surface area contributed by atoms with Gasteiger partial charge in [-0.05, 0) is 53.5 Å². The fraction of sp³-hybridized carbons (Fsp3) is 0.320. The number of sulfone groups is 1. The largest absolute Gasteiger partial charge is 0.494 e. The average molecular weight is 588 g/mol. The van der Waals surface area contributed by atoms with E-state index in [9.17, 15) is 8.42 Å². The second-order valence-electron chi connectivity index (χ2n) is 8.60. The van der Waals surface area contributed by atoms with Crippen molar-refractivity contribution in [3.05, 3.63) is 70.7 Å². The van der Waals surface area contributed by atoms with Gasteiger partial charge >= 0.3 is 0 Å². The lowest BCUT2D eigenvalue weighted by Gasteiger charge is -2.20. The molecule has 10 nitrogen and oxygen atoms in total. The Morgan fingerprint density at radius 1 is 1.00 bits per heavy atom. The summed E-state index contributed by atoms with van der Waals surface area (Å²) >= 11 is 3.44. The molecule has 0 saturated heterocycles. The molecule has 37 heavy (non-hydrogen) atoms. The van der Waals surface area contributed by atoms with Crippen LogP contribution in [0.2, 0.25) is 0 Å². The van der Waals surface area contributed by atoms with Crippen LogP contribution in [0.5, 0.6) is 11.5 Å². The molecule has 0 amide bonds. The molecule has 0 spiro atoms. The Morgan fingerprint density at radius 2 is 1.65 bits per heavy atom. The van der Waals surface area contributed by atoms with Crippen molar-refractivity contribution in [1.29, 1.82) is 0 Å². The summed E-state index contributed by atoms with van der Waals surface area (Å²) in [7, 11) is -0.662. The van der Waals surface area contributed by atoms with E-state index in [-0.39, 0.29) is 11.6 Å². The number of nitrogens with zero attached hydrogens (tertiary/aromatic N) is 6. The monoisotopic (exact) mass is 586 g/mol. The zero-order valence-corrected chi connectivity index (χ0v) is 23.5. The molecule has 194 valence electrons. The molecule has 3 aromatic heterocycles. The predicted molar refractivity (Wildman–Crippen MR) is 143 cm³/mol. The van der Waals surface area contributed by atoms with Crippen LogP contribution in [-0.2, 0) is 15.6 Å². The van der Waals surface area contributed by atoms with E-state index in [1.807, 2.05) is 13.0 Å². The van der Waals surface area contributed by atoms with Gasteiger partial charge in [0.1, 0.15) is 28.8 Å². The van der Waals surface area contributed by atoms with Crippen molar-refractivity contribution in [2.24, 2.45) is 0 Å². The summed E-state index contributed by atoms with van der Waals surface area (Å²) in [6, 6.07) is 7.14. The number of halogens is 1. The van der Waals surface area contributed by atoms with Crippen molar-refractivity contribution in [2.45, 2.75) is 37.7 Å². The van der Waals surface area contributed by atoms with Gasteiger partial charge in [0.15, 0.2) is 21.5 Å². The molecule has 0 radical (unpaired) electrons. The van der Waals surface area contributed by atoms with Crippen molar-refractivity contribution in [3.8, 4) is 28.6 Å². The third kappa shape index (κ3) is 5.49.